The van der Waals surface area contributed by atoms with Crippen LogP contribution in [0.25, 0.3) is 0 Å². The van der Waals surface area contributed by atoms with Gasteiger partial charge in [0.1, 0.15) is 0 Å². The minimum absolute atomic E-state index is 1.34. The molecule has 20 heavy (non-hydrogen) atoms. The highest BCUT2D eigenvalue weighted by molar-refractivity contribution is 4.77. The first-order valence-corrected chi connectivity index (χ1v) is 4.78. The third kappa shape index (κ3) is 5.29. The van der Waals surface area contributed by atoms with Crippen LogP contribution in [0.5, 0.6) is 0 Å². The van der Waals surface area contributed by atoms with E-state index in [0.29, 0.717) is 0 Å². The predicted molar refractivity (Wildman–Crippen MR) is 42.1 cm³/mol. The third-order valence-electron chi connectivity index (χ3n) is 1.93. The van der Waals surface area contributed by atoms with Crippen LogP contribution >= 0.6 is 0 Å². The van der Waals surface area contributed by atoms with Gasteiger partial charge < -0.3 is 4.74 Å². The van der Waals surface area contributed by atoms with Crippen LogP contribution in [0, 0.1) is 0 Å². The summed E-state index contributed by atoms with van der Waals surface area (Å²) in [5.41, 5.74) is 0. The molecule has 0 heterocycles. The maximum Gasteiger partial charge on any atom is 0.453 e. The molecular weight excluding hydrogens is 321 g/mol. The average Bonchev–Trinajstić information content (AvgIpc) is 2.20. The molecule has 0 aliphatic rings. The van der Waals surface area contributed by atoms with Crippen molar-refractivity contribution in [3.63, 3.8) is 0 Å². The summed E-state index contributed by atoms with van der Waals surface area (Å²) in [5, 5.41) is 0. The van der Waals surface area contributed by atoms with Gasteiger partial charge in [-0.1, -0.05) is 0 Å². The molecule has 0 radical (unpaired) electrons. The Bertz CT molecular complexity index is 305. The van der Waals surface area contributed by atoms with Crippen LogP contribution in [0.3, 0.4) is 0 Å². The van der Waals surface area contributed by atoms with E-state index >= 15 is 0 Å². The normalized spacial score (nSPS) is 16.4. The third-order valence-corrected chi connectivity index (χ3v) is 1.93. The van der Waals surface area contributed by atoms with E-state index in [1.807, 2.05) is 0 Å². The molecule has 0 bridgehead atoms. The van der Waals surface area contributed by atoms with Crippen molar-refractivity contribution in [3.05, 3.63) is 0 Å². The van der Waals surface area contributed by atoms with Crippen molar-refractivity contribution >= 4 is 0 Å². The standard InChI is InChI=1S/C8H7F11O/c9-4(6(12,13)14)7(15,16)20-3-1-2-5(10,11)8(17,18)19/h4H,1-3H2/t4-/m1/s1. The molecule has 0 saturated carbocycles. The monoisotopic (exact) mass is 328 g/mol. The molecule has 0 aromatic carbocycles. The fourth-order valence-corrected chi connectivity index (χ4v) is 0.908. The van der Waals surface area contributed by atoms with Gasteiger partial charge in [-0.3, -0.25) is 0 Å². The summed E-state index contributed by atoms with van der Waals surface area (Å²) < 4.78 is 134. The Kier molecular flexibility index (Phi) is 5.66. The zero-order valence-corrected chi connectivity index (χ0v) is 9.26. The molecule has 0 aliphatic carbocycles. The van der Waals surface area contributed by atoms with Gasteiger partial charge in [-0.05, 0) is 6.42 Å². The number of rotatable bonds is 6. The molecule has 0 fully saturated rings. The fraction of sp³-hybridized carbons (Fsp3) is 1.00. The van der Waals surface area contributed by atoms with Crippen LogP contribution in [0.2, 0.25) is 0 Å². The zero-order chi connectivity index (χ0) is 16.4. The molecule has 122 valence electrons. The quantitative estimate of drug-likeness (QED) is 0.516. The van der Waals surface area contributed by atoms with Crippen molar-refractivity contribution in [2.24, 2.45) is 0 Å². The molecule has 0 aromatic rings. The summed E-state index contributed by atoms with van der Waals surface area (Å²) in [5.74, 6) is -5.20. The van der Waals surface area contributed by atoms with Gasteiger partial charge in [-0.2, -0.15) is 43.9 Å². The first kappa shape index (κ1) is 19.2. The van der Waals surface area contributed by atoms with Crippen molar-refractivity contribution in [2.75, 3.05) is 6.61 Å². The Morgan fingerprint density at radius 1 is 0.800 bits per heavy atom. The Labute approximate surface area is 104 Å². The van der Waals surface area contributed by atoms with Crippen LogP contribution in [0.15, 0.2) is 0 Å². The number of ether oxygens (including phenoxy) is 1. The minimum Gasteiger partial charge on any atom is -0.318 e. The lowest BCUT2D eigenvalue weighted by molar-refractivity contribution is -0.337. The first-order chi connectivity index (χ1) is 8.61. The second-order valence-electron chi connectivity index (χ2n) is 3.62. The largest absolute Gasteiger partial charge is 0.453 e. The highest BCUT2D eigenvalue weighted by Crippen LogP contribution is 2.39. The Hall–Kier alpha value is -0.810. The van der Waals surface area contributed by atoms with Crippen LogP contribution < -0.4 is 0 Å². The number of hydrogen-bond donors (Lipinski definition) is 0. The lowest BCUT2D eigenvalue weighted by atomic mass is 10.2. The van der Waals surface area contributed by atoms with Gasteiger partial charge in [0, 0.05) is 6.42 Å². The van der Waals surface area contributed by atoms with Crippen molar-refractivity contribution in [2.45, 2.75) is 43.4 Å². The Balaban J connectivity index is 4.32. The molecule has 0 N–H and O–H groups in total. The van der Waals surface area contributed by atoms with Gasteiger partial charge in [0.15, 0.2) is 0 Å². The van der Waals surface area contributed by atoms with Crippen LogP contribution in [0.4, 0.5) is 48.3 Å². The van der Waals surface area contributed by atoms with E-state index in [-0.39, 0.29) is 0 Å². The number of halogens is 11. The van der Waals surface area contributed by atoms with Crippen molar-refractivity contribution < 1.29 is 53.0 Å². The van der Waals surface area contributed by atoms with Gasteiger partial charge in [-0.15, -0.1) is 0 Å². The van der Waals surface area contributed by atoms with Crippen molar-refractivity contribution in [1.82, 2.24) is 0 Å². The second kappa shape index (κ2) is 5.90. The van der Waals surface area contributed by atoms with E-state index in [2.05, 4.69) is 4.74 Å². The summed E-state index contributed by atoms with van der Waals surface area (Å²) in [6.07, 6.45) is -25.3. The van der Waals surface area contributed by atoms with Crippen molar-refractivity contribution in [1.29, 1.82) is 0 Å². The van der Waals surface area contributed by atoms with E-state index in [0.717, 1.165) is 0 Å². The maximum atomic E-state index is 12.4. The molecule has 0 aromatic heterocycles. The fourth-order valence-electron chi connectivity index (χ4n) is 0.908. The van der Waals surface area contributed by atoms with Crippen LogP contribution in [-0.4, -0.2) is 37.2 Å². The minimum atomic E-state index is -5.96. The Morgan fingerprint density at radius 2 is 1.25 bits per heavy atom. The molecular formula is C8H7F11O. The summed E-state index contributed by atoms with van der Waals surface area (Å²) in [4.78, 5) is 0. The van der Waals surface area contributed by atoms with Crippen LogP contribution in [-0.2, 0) is 4.74 Å². The second-order valence-corrected chi connectivity index (χ2v) is 3.62. The molecule has 0 amide bonds. The summed E-state index contributed by atoms with van der Waals surface area (Å²) >= 11 is 0. The number of alkyl halides is 11. The van der Waals surface area contributed by atoms with Gasteiger partial charge in [0.2, 0.25) is 0 Å². The maximum absolute atomic E-state index is 12.4. The summed E-state index contributed by atoms with van der Waals surface area (Å²) in [6, 6.07) is 0. The first-order valence-electron chi connectivity index (χ1n) is 4.78. The van der Waals surface area contributed by atoms with Crippen molar-refractivity contribution in [3.8, 4) is 0 Å². The topological polar surface area (TPSA) is 9.23 Å². The zero-order valence-electron chi connectivity index (χ0n) is 9.26. The molecule has 0 saturated heterocycles. The molecule has 0 spiro atoms. The van der Waals surface area contributed by atoms with E-state index in [9.17, 15) is 48.3 Å². The molecule has 0 aliphatic heterocycles. The molecule has 12 heteroatoms. The molecule has 0 unspecified atom stereocenters. The smallest absolute Gasteiger partial charge is 0.318 e. The van der Waals surface area contributed by atoms with Gasteiger partial charge in [0.05, 0.1) is 6.61 Å². The Morgan fingerprint density at radius 3 is 1.60 bits per heavy atom. The van der Waals surface area contributed by atoms with E-state index in [4.69, 9.17) is 0 Å². The highest BCUT2D eigenvalue weighted by atomic mass is 19.4. The summed E-state index contributed by atoms with van der Waals surface area (Å²) in [6.45, 7) is -1.60. The van der Waals surface area contributed by atoms with Crippen LogP contribution in [0.1, 0.15) is 12.8 Å². The lowest BCUT2D eigenvalue weighted by Gasteiger charge is -2.23. The van der Waals surface area contributed by atoms with E-state index in [1.54, 1.807) is 0 Å². The van der Waals surface area contributed by atoms with E-state index in [1.165, 1.54) is 0 Å². The summed E-state index contributed by atoms with van der Waals surface area (Å²) in [7, 11) is 0. The van der Waals surface area contributed by atoms with E-state index < -0.39 is 50.0 Å². The average molecular weight is 328 g/mol. The van der Waals surface area contributed by atoms with Gasteiger partial charge in [0.25, 0.3) is 6.17 Å². The highest BCUT2D eigenvalue weighted by Gasteiger charge is 2.59. The van der Waals surface area contributed by atoms with Gasteiger partial charge in [-0.25, -0.2) is 4.39 Å². The molecule has 1 nitrogen and oxygen atoms in total. The van der Waals surface area contributed by atoms with Gasteiger partial charge >= 0.3 is 24.4 Å². The SMILES string of the molecule is F[C@H](C(F)(F)F)C(F)(F)OCCCC(F)(F)C(F)(F)F. The molecule has 0 rings (SSSR count). The number of hydrogen-bond acceptors (Lipinski definition) is 1. The predicted octanol–water partition coefficient (Wildman–Crippen LogP) is 4.47. The lowest BCUT2D eigenvalue weighted by Crippen LogP contribution is -2.44. The molecule has 1 atom stereocenters.